The molecule has 1 amide bonds. The SMILES string of the molecule is CN1/C(=C/C=C2\CCC(/C=C/C3=[N+](C)c4ccccc4C3(C)C)=C2N(C(=O)OC(C)(C)C)S(=O)(=O)[O-])C(C)(C)c2ccccc21. The number of carbonyl (C=O) groups excluding carboxylic acids is 1. The predicted octanol–water partition coefficient (Wildman–Crippen LogP) is 7.23. The van der Waals surface area contributed by atoms with Crippen LogP contribution in [0, 0.1) is 0 Å². The van der Waals surface area contributed by atoms with Crippen LogP contribution < -0.4 is 4.90 Å². The van der Waals surface area contributed by atoms with Gasteiger partial charge >= 0.3 is 6.09 Å². The fourth-order valence-corrected chi connectivity index (χ4v) is 7.54. The standard InChI is InChI=1S/C36H43N3O5S/c1-34(2,3)44-33(40)39(45(41,42)43)32-24(20-22-30-35(4,5)26-14-10-12-16-28(26)37(30)8)18-19-25(32)21-23-31-36(6,7)27-15-11-13-17-29(27)38(31)9/h10-17,20-23H,18-19H2,1-9H3. The summed E-state index contributed by atoms with van der Waals surface area (Å²) < 4.78 is 46.3. The van der Waals surface area contributed by atoms with E-state index in [0.717, 1.165) is 22.8 Å². The van der Waals surface area contributed by atoms with Crippen LogP contribution in [0.2, 0.25) is 0 Å². The fraction of sp³-hybridized carbons (Fsp3) is 0.389. The lowest BCUT2D eigenvalue weighted by Gasteiger charge is -2.30. The lowest BCUT2D eigenvalue weighted by molar-refractivity contribution is -0.401. The van der Waals surface area contributed by atoms with Gasteiger partial charge in [0.2, 0.25) is 5.69 Å². The number of hydrogen-bond donors (Lipinski definition) is 0. The number of amides is 1. The van der Waals surface area contributed by atoms with E-state index in [2.05, 4.69) is 61.4 Å². The van der Waals surface area contributed by atoms with Crippen LogP contribution in [0.1, 0.15) is 72.4 Å². The first kappa shape index (κ1) is 32.4. The number of carbonyl (C=O) groups is 1. The smallest absolute Gasteiger partial charge is 0.428 e. The van der Waals surface area contributed by atoms with E-state index in [4.69, 9.17) is 4.74 Å². The quantitative estimate of drug-likeness (QED) is 0.256. The van der Waals surface area contributed by atoms with E-state index in [9.17, 15) is 17.8 Å². The first-order chi connectivity index (χ1) is 20.9. The van der Waals surface area contributed by atoms with E-state index >= 15 is 0 Å². The Hall–Kier alpha value is -3.95. The van der Waals surface area contributed by atoms with E-state index in [1.807, 2.05) is 62.7 Å². The van der Waals surface area contributed by atoms with Gasteiger partial charge in [0.05, 0.1) is 11.1 Å². The number of ether oxygens (including phenoxy) is 1. The van der Waals surface area contributed by atoms with Crippen molar-refractivity contribution in [2.24, 2.45) is 0 Å². The molecule has 8 nitrogen and oxygen atoms in total. The van der Waals surface area contributed by atoms with Gasteiger partial charge in [-0.05, 0) is 76.3 Å². The minimum absolute atomic E-state index is 0.0555. The van der Waals surface area contributed by atoms with Gasteiger partial charge in [0.15, 0.2) is 16.0 Å². The molecule has 0 spiro atoms. The summed E-state index contributed by atoms with van der Waals surface area (Å²) in [7, 11) is -1.28. The summed E-state index contributed by atoms with van der Waals surface area (Å²) in [6.07, 6.45) is 7.28. The molecule has 238 valence electrons. The number of likely N-dealkylation sites (N-methyl/N-ethyl adjacent to an activating group) is 1. The molecule has 0 saturated carbocycles. The van der Waals surface area contributed by atoms with Crippen molar-refractivity contribution in [1.29, 1.82) is 0 Å². The number of fused-ring (bicyclic) bond motifs is 2. The molecule has 0 bridgehead atoms. The third-order valence-corrected chi connectivity index (χ3v) is 9.80. The molecule has 2 aromatic rings. The van der Waals surface area contributed by atoms with Crippen LogP contribution >= 0.6 is 0 Å². The van der Waals surface area contributed by atoms with Crippen LogP contribution in [0.4, 0.5) is 16.2 Å². The summed E-state index contributed by atoms with van der Waals surface area (Å²) in [6, 6.07) is 16.4. The summed E-state index contributed by atoms with van der Waals surface area (Å²) >= 11 is 0. The number of benzene rings is 2. The molecule has 2 heterocycles. The van der Waals surface area contributed by atoms with Crippen LogP contribution in [0.25, 0.3) is 0 Å². The molecule has 0 N–H and O–H groups in total. The molecule has 0 unspecified atom stereocenters. The number of nitrogens with zero attached hydrogens (tertiary/aromatic N) is 3. The van der Waals surface area contributed by atoms with Crippen molar-refractivity contribution in [3.05, 3.63) is 107 Å². The summed E-state index contributed by atoms with van der Waals surface area (Å²) in [5, 5.41) is 0. The minimum atomic E-state index is -5.29. The first-order valence-electron chi connectivity index (χ1n) is 15.2. The number of anilines is 1. The second-order valence-electron chi connectivity index (χ2n) is 13.9. The summed E-state index contributed by atoms with van der Waals surface area (Å²) in [5.41, 5.74) is 6.13. The third kappa shape index (κ3) is 5.79. The zero-order chi connectivity index (χ0) is 33.1. The zero-order valence-corrected chi connectivity index (χ0v) is 28.5. The van der Waals surface area contributed by atoms with E-state index in [1.54, 1.807) is 20.8 Å². The van der Waals surface area contributed by atoms with Crippen LogP contribution in [0.3, 0.4) is 0 Å². The number of rotatable bonds is 5. The van der Waals surface area contributed by atoms with Crippen LogP contribution in [-0.2, 0) is 25.9 Å². The Morgan fingerprint density at radius 3 is 2.18 bits per heavy atom. The molecular formula is C36H43N3O5S. The second kappa shape index (κ2) is 11.1. The van der Waals surface area contributed by atoms with Gasteiger partial charge < -0.3 is 14.2 Å². The molecule has 45 heavy (non-hydrogen) atoms. The molecule has 0 atom stereocenters. The molecule has 1 aliphatic carbocycles. The van der Waals surface area contributed by atoms with E-state index in [1.165, 1.54) is 11.1 Å². The molecule has 0 fully saturated rings. The van der Waals surface area contributed by atoms with Crippen molar-refractivity contribution >= 4 is 33.5 Å². The Morgan fingerprint density at radius 2 is 1.58 bits per heavy atom. The maximum atomic E-state index is 13.4. The Bertz CT molecular complexity index is 1840. The minimum Gasteiger partial charge on any atom is -0.730 e. The van der Waals surface area contributed by atoms with Gasteiger partial charge in [0.25, 0.3) is 0 Å². The maximum absolute atomic E-state index is 13.4. The molecule has 3 aliphatic rings. The number of allylic oxidation sites excluding steroid dienone is 7. The van der Waals surface area contributed by atoms with Crippen molar-refractivity contribution < 1.29 is 27.1 Å². The molecule has 5 rings (SSSR count). The average molecular weight is 630 g/mol. The largest absolute Gasteiger partial charge is 0.730 e. The Kier molecular flexibility index (Phi) is 8.03. The molecule has 2 aliphatic heterocycles. The maximum Gasteiger partial charge on any atom is 0.428 e. The van der Waals surface area contributed by atoms with Gasteiger partial charge in [-0.15, -0.1) is 0 Å². The highest BCUT2D eigenvalue weighted by molar-refractivity contribution is 7.84. The normalized spacial score (nSPS) is 20.9. The van der Waals surface area contributed by atoms with Crippen molar-refractivity contribution in [3.8, 4) is 0 Å². The van der Waals surface area contributed by atoms with Gasteiger partial charge in [-0.1, -0.05) is 62.4 Å². The molecular weight excluding hydrogens is 586 g/mol. The number of hydrogen-bond acceptors (Lipinski definition) is 6. The lowest BCUT2D eigenvalue weighted by atomic mass is 9.81. The monoisotopic (exact) mass is 629 g/mol. The Morgan fingerprint density at radius 1 is 0.956 bits per heavy atom. The Balaban J connectivity index is 1.65. The third-order valence-electron chi connectivity index (χ3n) is 9.02. The molecule has 0 radical (unpaired) electrons. The van der Waals surface area contributed by atoms with E-state index in [0.29, 0.717) is 28.3 Å². The van der Waals surface area contributed by atoms with Crippen LogP contribution in [0.5, 0.6) is 0 Å². The first-order valence-corrected chi connectivity index (χ1v) is 16.6. The van der Waals surface area contributed by atoms with Gasteiger partial charge in [-0.25, -0.2) is 13.2 Å². The van der Waals surface area contributed by atoms with Crippen LogP contribution in [-0.4, -0.2) is 53.4 Å². The molecule has 9 heteroatoms. The van der Waals surface area contributed by atoms with Gasteiger partial charge in [0, 0.05) is 41.6 Å². The molecule has 0 aromatic heterocycles. The zero-order valence-electron chi connectivity index (χ0n) is 27.6. The average Bonchev–Trinajstić information content (AvgIpc) is 3.47. The summed E-state index contributed by atoms with van der Waals surface area (Å²) in [5.74, 6) is 0. The van der Waals surface area contributed by atoms with Gasteiger partial charge in [-0.2, -0.15) is 8.88 Å². The highest BCUT2D eigenvalue weighted by Gasteiger charge is 2.43. The van der Waals surface area contributed by atoms with E-state index < -0.39 is 22.0 Å². The lowest BCUT2D eigenvalue weighted by Crippen LogP contribution is -2.40. The highest BCUT2D eigenvalue weighted by atomic mass is 32.2. The van der Waals surface area contributed by atoms with Crippen LogP contribution in [0.15, 0.2) is 95.4 Å². The van der Waals surface area contributed by atoms with Crippen molar-refractivity contribution in [2.45, 2.75) is 77.7 Å². The topological polar surface area (TPSA) is 93.0 Å². The molecule has 2 aromatic carbocycles. The fourth-order valence-electron chi connectivity index (χ4n) is 6.86. The molecule has 0 saturated heterocycles. The summed E-state index contributed by atoms with van der Waals surface area (Å²) in [4.78, 5) is 15.5. The van der Waals surface area contributed by atoms with Crippen molar-refractivity contribution in [1.82, 2.24) is 4.31 Å². The highest BCUT2D eigenvalue weighted by Crippen LogP contribution is 2.47. The van der Waals surface area contributed by atoms with Gasteiger partial charge in [0.1, 0.15) is 12.6 Å². The second-order valence-corrected chi connectivity index (χ2v) is 15.2. The number of para-hydroxylation sites is 2. The van der Waals surface area contributed by atoms with E-state index in [-0.39, 0.29) is 16.5 Å². The van der Waals surface area contributed by atoms with Crippen molar-refractivity contribution in [3.63, 3.8) is 0 Å². The predicted molar refractivity (Wildman–Crippen MR) is 178 cm³/mol. The Labute approximate surface area is 267 Å². The van der Waals surface area contributed by atoms with Gasteiger partial charge in [-0.3, -0.25) is 0 Å². The van der Waals surface area contributed by atoms with Crippen molar-refractivity contribution in [2.75, 3.05) is 19.0 Å². The summed E-state index contributed by atoms with van der Waals surface area (Å²) in [6.45, 7) is 13.5.